The van der Waals surface area contributed by atoms with E-state index in [9.17, 15) is 4.79 Å². The molecular formula is C25H27NO4. The van der Waals surface area contributed by atoms with Gasteiger partial charge < -0.3 is 19.5 Å². The van der Waals surface area contributed by atoms with Crippen molar-refractivity contribution in [1.29, 1.82) is 0 Å². The van der Waals surface area contributed by atoms with Gasteiger partial charge in [-0.05, 0) is 30.0 Å². The van der Waals surface area contributed by atoms with Crippen LogP contribution in [-0.4, -0.2) is 27.2 Å². The molecule has 0 aromatic heterocycles. The Hall–Kier alpha value is -3.47. The fourth-order valence-corrected chi connectivity index (χ4v) is 3.40. The summed E-state index contributed by atoms with van der Waals surface area (Å²) in [6, 6.07) is 21.5. The van der Waals surface area contributed by atoms with Crippen LogP contribution in [0.25, 0.3) is 0 Å². The Morgan fingerprint density at radius 2 is 1.43 bits per heavy atom. The lowest BCUT2D eigenvalue weighted by Gasteiger charge is -2.16. The number of aryl methyl sites for hydroxylation is 2. The minimum Gasteiger partial charge on any atom is -0.496 e. The van der Waals surface area contributed by atoms with Crippen LogP contribution in [0.15, 0.2) is 66.7 Å². The molecule has 1 N–H and O–H groups in total. The monoisotopic (exact) mass is 405 g/mol. The molecule has 5 nitrogen and oxygen atoms in total. The van der Waals surface area contributed by atoms with Gasteiger partial charge in [0.05, 0.1) is 33.4 Å². The first-order valence-corrected chi connectivity index (χ1v) is 9.85. The first-order chi connectivity index (χ1) is 14.7. The van der Waals surface area contributed by atoms with Gasteiger partial charge in [0.25, 0.3) is 5.91 Å². The van der Waals surface area contributed by atoms with E-state index in [4.69, 9.17) is 14.2 Å². The number of nitrogens with one attached hydrogen (secondary N) is 1. The van der Waals surface area contributed by atoms with Crippen molar-refractivity contribution in [2.75, 3.05) is 21.3 Å². The molecule has 0 heterocycles. The molecular weight excluding hydrogens is 378 g/mol. The van der Waals surface area contributed by atoms with Crippen LogP contribution in [0, 0.1) is 0 Å². The molecule has 3 aromatic rings. The molecule has 3 aromatic carbocycles. The lowest BCUT2D eigenvalue weighted by molar-refractivity contribution is 0.0949. The average Bonchev–Trinajstić information content (AvgIpc) is 2.81. The number of methoxy groups -OCH3 is 3. The molecule has 0 saturated heterocycles. The Morgan fingerprint density at radius 3 is 2.07 bits per heavy atom. The maximum absolute atomic E-state index is 13.0. The molecule has 0 aliphatic rings. The summed E-state index contributed by atoms with van der Waals surface area (Å²) in [7, 11) is 4.75. The van der Waals surface area contributed by atoms with Gasteiger partial charge in [-0.25, -0.2) is 0 Å². The van der Waals surface area contributed by atoms with E-state index in [1.807, 2.05) is 42.5 Å². The van der Waals surface area contributed by atoms with Crippen molar-refractivity contribution in [2.45, 2.75) is 19.4 Å². The first-order valence-electron chi connectivity index (χ1n) is 9.85. The fourth-order valence-electron chi connectivity index (χ4n) is 3.40. The molecule has 0 aliphatic carbocycles. The Kier molecular flexibility index (Phi) is 7.33. The third-order valence-corrected chi connectivity index (χ3v) is 5.03. The summed E-state index contributed by atoms with van der Waals surface area (Å²) in [4.78, 5) is 13.0. The predicted molar refractivity (Wildman–Crippen MR) is 118 cm³/mol. The quantitative estimate of drug-likeness (QED) is 0.572. The highest BCUT2D eigenvalue weighted by Gasteiger charge is 2.16. The van der Waals surface area contributed by atoms with E-state index in [0.717, 1.165) is 24.0 Å². The lowest BCUT2D eigenvalue weighted by atomic mass is 9.99. The molecule has 156 valence electrons. The molecule has 0 bridgehead atoms. The Morgan fingerprint density at radius 1 is 0.800 bits per heavy atom. The maximum Gasteiger partial charge on any atom is 0.251 e. The van der Waals surface area contributed by atoms with Crippen molar-refractivity contribution >= 4 is 5.91 Å². The van der Waals surface area contributed by atoms with Crippen molar-refractivity contribution in [3.05, 3.63) is 89.0 Å². The van der Waals surface area contributed by atoms with Crippen LogP contribution in [0.2, 0.25) is 0 Å². The largest absolute Gasteiger partial charge is 0.496 e. The van der Waals surface area contributed by atoms with Gasteiger partial charge in [-0.2, -0.15) is 0 Å². The van der Waals surface area contributed by atoms with E-state index >= 15 is 0 Å². The van der Waals surface area contributed by atoms with Crippen molar-refractivity contribution in [3.8, 4) is 17.2 Å². The number of rotatable bonds is 9. The van der Waals surface area contributed by atoms with Crippen LogP contribution < -0.4 is 19.5 Å². The number of carbonyl (C=O) groups excluding carboxylic acids is 1. The number of benzene rings is 3. The predicted octanol–water partition coefficient (Wildman–Crippen LogP) is 4.43. The molecule has 0 atom stereocenters. The van der Waals surface area contributed by atoms with E-state index < -0.39 is 0 Å². The van der Waals surface area contributed by atoms with Crippen molar-refractivity contribution in [2.24, 2.45) is 0 Å². The lowest BCUT2D eigenvalue weighted by Crippen LogP contribution is -2.24. The standard InChI is InChI=1S/C25H27NO4/c1-28-20-15-23(29-2)22(24(16-20)30-3)17-26-25(27)21-12-8-7-11-19(21)14-13-18-9-5-4-6-10-18/h4-12,15-16H,13-14,17H2,1-3H3,(H,26,27). The maximum atomic E-state index is 13.0. The fraction of sp³-hybridized carbons (Fsp3) is 0.240. The SMILES string of the molecule is COc1cc(OC)c(CNC(=O)c2ccccc2CCc2ccccc2)c(OC)c1. The van der Waals surface area contributed by atoms with E-state index in [2.05, 4.69) is 17.4 Å². The highest BCUT2D eigenvalue weighted by molar-refractivity contribution is 5.95. The van der Waals surface area contributed by atoms with Gasteiger partial charge in [0, 0.05) is 17.7 Å². The number of ether oxygens (including phenoxy) is 3. The molecule has 0 saturated carbocycles. The molecule has 3 rings (SSSR count). The van der Waals surface area contributed by atoms with Crippen LogP contribution in [0.3, 0.4) is 0 Å². The van der Waals surface area contributed by atoms with Crippen LogP contribution in [0.1, 0.15) is 27.0 Å². The van der Waals surface area contributed by atoms with Crippen molar-refractivity contribution in [3.63, 3.8) is 0 Å². The molecule has 5 heteroatoms. The molecule has 0 unspecified atom stereocenters. The van der Waals surface area contributed by atoms with E-state index in [1.165, 1.54) is 5.56 Å². The molecule has 0 fully saturated rings. The summed E-state index contributed by atoms with van der Waals surface area (Å²) in [6.07, 6.45) is 1.67. The first kappa shape index (κ1) is 21.2. The van der Waals surface area contributed by atoms with Crippen LogP contribution in [-0.2, 0) is 19.4 Å². The van der Waals surface area contributed by atoms with Gasteiger partial charge in [-0.15, -0.1) is 0 Å². The second kappa shape index (κ2) is 10.3. The molecule has 1 amide bonds. The Balaban J connectivity index is 1.74. The van der Waals surface area contributed by atoms with Crippen molar-refractivity contribution < 1.29 is 19.0 Å². The smallest absolute Gasteiger partial charge is 0.251 e. The van der Waals surface area contributed by atoms with Crippen LogP contribution in [0.5, 0.6) is 17.2 Å². The number of carbonyl (C=O) groups is 1. The zero-order valence-electron chi connectivity index (χ0n) is 17.6. The zero-order valence-corrected chi connectivity index (χ0v) is 17.6. The van der Waals surface area contributed by atoms with Gasteiger partial charge in [-0.3, -0.25) is 4.79 Å². The van der Waals surface area contributed by atoms with Gasteiger partial charge in [0.1, 0.15) is 17.2 Å². The summed E-state index contributed by atoms with van der Waals surface area (Å²) in [5.74, 6) is 1.70. The van der Waals surface area contributed by atoms with Gasteiger partial charge >= 0.3 is 0 Å². The number of hydrogen-bond donors (Lipinski definition) is 1. The highest BCUT2D eigenvalue weighted by Crippen LogP contribution is 2.34. The number of hydrogen-bond acceptors (Lipinski definition) is 4. The third-order valence-electron chi connectivity index (χ3n) is 5.03. The molecule has 30 heavy (non-hydrogen) atoms. The highest BCUT2D eigenvalue weighted by atomic mass is 16.5. The van der Waals surface area contributed by atoms with E-state index in [-0.39, 0.29) is 12.5 Å². The van der Waals surface area contributed by atoms with Crippen LogP contribution >= 0.6 is 0 Å². The second-order valence-corrected chi connectivity index (χ2v) is 6.84. The molecule has 0 radical (unpaired) electrons. The van der Waals surface area contributed by atoms with E-state index in [0.29, 0.717) is 22.8 Å². The van der Waals surface area contributed by atoms with Gasteiger partial charge in [-0.1, -0.05) is 48.5 Å². The molecule has 0 spiro atoms. The Bertz CT molecular complexity index is 960. The van der Waals surface area contributed by atoms with Crippen LogP contribution in [0.4, 0.5) is 0 Å². The summed E-state index contributed by atoms with van der Waals surface area (Å²) in [6.45, 7) is 0.280. The Labute approximate surface area is 177 Å². The number of amides is 1. The molecule has 0 aliphatic heterocycles. The minimum absolute atomic E-state index is 0.126. The summed E-state index contributed by atoms with van der Waals surface area (Å²) in [5.41, 5.74) is 3.71. The average molecular weight is 405 g/mol. The van der Waals surface area contributed by atoms with E-state index in [1.54, 1.807) is 33.5 Å². The normalized spacial score (nSPS) is 10.4. The van der Waals surface area contributed by atoms with Gasteiger partial charge in [0.2, 0.25) is 0 Å². The summed E-state index contributed by atoms with van der Waals surface area (Å²) in [5, 5.41) is 3.00. The van der Waals surface area contributed by atoms with Gasteiger partial charge in [0.15, 0.2) is 0 Å². The minimum atomic E-state index is -0.126. The third kappa shape index (κ3) is 5.11. The van der Waals surface area contributed by atoms with Crippen molar-refractivity contribution in [1.82, 2.24) is 5.32 Å². The second-order valence-electron chi connectivity index (χ2n) is 6.84. The zero-order chi connectivity index (χ0) is 21.3. The topological polar surface area (TPSA) is 56.8 Å². The summed E-state index contributed by atoms with van der Waals surface area (Å²) < 4.78 is 16.2. The summed E-state index contributed by atoms with van der Waals surface area (Å²) >= 11 is 0.